The molecule has 0 saturated carbocycles. The predicted molar refractivity (Wildman–Crippen MR) is 131 cm³/mol. The first-order chi connectivity index (χ1) is 16.6. The minimum absolute atomic E-state index is 0.0434. The second kappa shape index (κ2) is 9.43. The zero-order valence-electron chi connectivity index (χ0n) is 19.0. The summed E-state index contributed by atoms with van der Waals surface area (Å²) in [5, 5.41) is 3.14. The molecular formula is C28H26N2O4. The van der Waals surface area contributed by atoms with E-state index in [4.69, 9.17) is 9.47 Å². The fraction of sp³-hybridized carbons (Fsp3) is 0.214. The molecule has 0 bridgehead atoms. The van der Waals surface area contributed by atoms with Gasteiger partial charge in [0, 0.05) is 0 Å². The Labute approximate surface area is 198 Å². The number of ether oxygens (including phenoxy) is 2. The lowest BCUT2D eigenvalue weighted by molar-refractivity contribution is -0.124. The Bertz CT molecular complexity index is 1250. The Balaban J connectivity index is 1.38. The largest absolute Gasteiger partial charge is 0.497 e. The number of fused-ring (bicyclic) bond motifs is 2. The Morgan fingerprint density at radius 3 is 2.68 bits per heavy atom. The highest BCUT2D eigenvalue weighted by Crippen LogP contribution is 2.36. The van der Waals surface area contributed by atoms with Gasteiger partial charge in [-0.1, -0.05) is 48.5 Å². The third kappa shape index (κ3) is 4.39. The zero-order valence-corrected chi connectivity index (χ0v) is 19.0. The van der Waals surface area contributed by atoms with Crippen LogP contribution in [0.4, 0.5) is 5.69 Å². The standard InChI is InChI=1S/C28H26N2O4/c1-33-21-15-13-19(14-16-21)17-26-28(32)30(24-11-4-5-12-25(24)34-26)18-27(31)29-23-10-6-8-20-7-2-3-9-22(20)23/h2-5,7,9,11-17,23H,6,8,10,18H2,1H3,(H,29,31)/b26-17+/t23-/m1/s1. The molecule has 0 aromatic heterocycles. The van der Waals surface area contributed by atoms with E-state index in [1.54, 1.807) is 25.3 Å². The minimum atomic E-state index is -0.353. The van der Waals surface area contributed by atoms with Gasteiger partial charge < -0.3 is 14.8 Å². The Morgan fingerprint density at radius 2 is 1.85 bits per heavy atom. The maximum Gasteiger partial charge on any atom is 0.294 e. The van der Waals surface area contributed by atoms with Gasteiger partial charge in [-0.3, -0.25) is 14.5 Å². The second-order valence-electron chi connectivity index (χ2n) is 8.45. The predicted octanol–water partition coefficient (Wildman–Crippen LogP) is 4.66. The third-order valence-electron chi connectivity index (χ3n) is 6.25. The Kier molecular flexibility index (Phi) is 6.04. The number of carbonyl (C=O) groups excluding carboxylic acids is 2. The molecule has 0 fully saturated rings. The molecule has 3 aromatic carbocycles. The first-order valence-electron chi connectivity index (χ1n) is 11.4. The van der Waals surface area contributed by atoms with E-state index in [9.17, 15) is 9.59 Å². The molecular weight excluding hydrogens is 428 g/mol. The average molecular weight is 455 g/mol. The van der Waals surface area contributed by atoms with Crippen molar-refractivity contribution in [2.24, 2.45) is 0 Å². The number of methoxy groups -OCH3 is 1. The van der Waals surface area contributed by atoms with Crippen LogP contribution in [-0.4, -0.2) is 25.5 Å². The van der Waals surface area contributed by atoms with Gasteiger partial charge in [0.15, 0.2) is 11.5 Å². The fourth-order valence-corrected chi connectivity index (χ4v) is 4.56. The molecule has 1 heterocycles. The third-order valence-corrected chi connectivity index (χ3v) is 6.25. The fourth-order valence-electron chi connectivity index (χ4n) is 4.56. The van der Waals surface area contributed by atoms with Crippen LogP contribution in [0, 0.1) is 0 Å². The Hall–Kier alpha value is -4.06. The lowest BCUT2D eigenvalue weighted by Crippen LogP contribution is -2.45. The van der Waals surface area contributed by atoms with Gasteiger partial charge in [-0.25, -0.2) is 0 Å². The monoisotopic (exact) mass is 454 g/mol. The SMILES string of the molecule is COc1ccc(/C=C2/Oc3ccccc3N(CC(=O)N[C@@H]3CCCc4ccccc43)C2=O)cc1. The normalized spacial score (nSPS) is 18.0. The number of para-hydroxylation sites is 2. The number of hydrogen-bond acceptors (Lipinski definition) is 4. The summed E-state index contributed by atoms with van der Waals surface area (Å²) in [6.45, 7) is -0.0855. The number of carbonyl (C=O) groups is 2. The topological polar surface area (TPSA) is 67.9 Å². The van der Waals surface area contributed by atoms with Gasteiger partial charge in [-0.2, -0.15) is 0 Å². The van der Waals surface area contributed by atoms with Crippen LogP contribution in [0.5, 0.6) is 11.5 Å². The number of benzene rings is 3. The number of hydrogen-bond donors (Lipinski definition) is 1. The van der Waals surface area contributed by atoms with Crippen molar-refractivity contribution in [3.8, 4) is 11.5 Å². The van der Waals surface area contributed by atoms with Gasteiger partial charge in [0.2, 0.25) is 5.91 Å². The van der Waals surface area contributed by atoms with E-state index < -0.39 is 0 Å². The Morgan fingerprint density at radius 1 is 1.09 bits per heavy atom. The lowest BCUT2D eigenvalue weighted by Gasteiger charge is -2.31. The molecule has 34 heavy (non-hydrogen) atoms. The second-order valence-corrected chi connectivity index (χ2v) is 8.45. The van der Waals surface area contributed by atoms with Gasteiger partial charge in [-0.15, -0.1) is 0 Å². The molecule has 6 heteroatoms. The van der Waals surface area contributed by atoms with E-state index in [0.717, 1.165) is 36.1 Å². The van der Waals surface area contributed by atoms with Crippen LogP contribution in [0.2, 0.25) is 0 Å². The molecule has 3 aromatic rings. The molecule has 0 spiro atoms. The summed E-state index contributed by atoms with van der Waals surface area (Å²) >= 11 is 0. The summed E-state index contributed by atoms with van der Waals surface area (Å²) in [4.78, 5) is 28.0. The molecule has 1 N–H and O–H groups in total. The molecule has 172 valence electrons. The van der Waals surface area contributed by atoms with Gasteiger partial charge in [0.05, 0.1) is 18.8 Å². The van der Waals surface area contributed by atoms with Crippen molar-refractivity contribution in [2.75, 3.05) is 18.6 Å². The maximum absolute atomic E-state index is 13.4. The van der Waals surface area contributed by atoms with Crippen molar-refractivity contribution in [2.45, 2.75) is 25.3 Å². The molecule has 6 nitrogen and oxygen atoms in total. The summed E-state index contributed by atoms with van der Waals surface area (Å²) in [7, 11) is 1.60. The van der Waals surface area contributed by atoms with E-state index in [1.165, 1.54) is 10.5 Å². The van der Waals surface area contributed by atoms with Crippen LogP contribution in [0.1, 0.15) is 35.6 Å². The van der Waals surface area contributed by atoms with Crippen LogP contribution < -0.4 is 19.7 Å². The molecule has 1 aliphatic carbocycles. The molecule has 0 saturated heterocycles. The summed E-state index contributed by atoms with van der Waals surface area (Å²) in [5.41, 5.74) is 3.82. The van der Waals surface area contributed by atoms with Gasteiger partial charge in [0.1, 0.15) is 12.3 Å². The van der Waals surface area contributed by atoms with Crippen LogP contribution in [0.15, 0.2) is 78.6 Å². The van der Waals surface area contributed by atoms with E-state index >= 15 is 0 Å². The van der Waals surface area contributed by atoms with Crippen molar-refractivity contribution < 1.29 is 19.1 Å². The summed E-state index contributed by atoms with van der Waals surface area (Å²) in [6, 6.07) is 22.8. The highest BCUT2D eigenvalue weighted by Gasteiger charge is 2.32. The number of rotatable bonds is 5. The van der Waals surface area contributed by atoms with Crippen molar-refractivity contribution >= 4 is 23.6 Å². The van der Waals surface area contributed by atoms with Gasteiger partial charge in [-0.05, 0) is 66.3 Å². The van der Waals surface area contributed by atoms with Crippen molar-refractivity contribution in [1.82, 2.24) is 5.32 Å². The van der Waals surface area contributed by atoms with E-state index in [2.05, 4.69) is 17.4 Å². The van der Waals surface area contributed by atoms with Gasteiger partial charge in [0.25, 0.3) is 5.91 Å². The number of anilines is 1. The number of aryl methyl sites for hydroxylation is 1. The molecule has 0 radical (unpaired) electrons. The summed E-state index contributed by atoms with van der Waals surface area (Å²) < 4.78 is 11.1. The van der Waals surface area contributed by atoms with E-state index in [0.29, 0.717) is 11.4 Å². The molecule has 0 unspecified atom stereocenters. The maximum atomic E-state index is 13.4. The molecule has 5 rings (SSSR count). The summed E-state index contributed by atoms with van der Waals surface area (Å²) in [5.74, 6) is 0.882. The first-order valence-corrected chi connectivity index (χ1v) is 11.4. The lowest BCUT2D eigenvalue weighted by atomic mass is 9.88. The number of nitrogens with one attached hydrogen (secondary N) is 1. The van der Waals surface area contributed by atoms with Crippen LogP contribution in [0.3, 0.4) is 0 Å². The molecule has 1 atom stereocenters. The molecule has 1 aliphatic heterocycles. The molecule has 2 amide bonds. The quantitative estimate of drug-likeness (QED) is 0.570. The van der Waals surface area contributed by atoms with Crippen molar-refractivity contribution in [1.29, 1.82) is 0 Å². The van der Waals surface area contributed by atoms with Crippen LogP contribution >= 0.6 is 0 Å². The highest BCUT2D eigenvalue weighted by atomic mass is 16.5. The van der Waals surface area contributed by atoms with Crippen LogP contribution in [0.25, 0.3) is 6.08 Å². The number of amides is 2. The highest BCUT2D eigenvalue weighted by molar-refractivity contribution is 6.12. The van der Waals surface area contributed by atoms with Crippen molar-refractivity contribution in [3.63, 3.8) is 0 Å². The minimum Gasteiger partial charge on any atom is -0.497 e. The number of nitrogens with zero attached hydrogens (tertiary/aromatic N) is 1. The first kappa shape index (κ1) is 21.8. The smallest absolute Gasteiger partial charge is 0.294 e. The van der Waals surface area contributed by atoms with Crippen molar-refractivity contribution in [3.05, 3.63) is 95.2 Å². The average Bonchev–Trinajstić information content (AvgIpc) is 2.87. The van der Waals surface area contributed by atoms with E-state index in [1.807, 2.05) is 48.5 Å². The zero-order chi connectivity index (χ0) is 23.5. The van der Waals surface area contributed by atoms with E-state index in [-0.39, 0.29) is 30.2 Å². The molecule has 2 aliphatic rings. The van der Waals surface area contributed by atoms with Gasteiger partial charge >= 0.3 is 0 Å². The summed E-state index contributed by atoms with van der Waals surface area (Å²) in [6.07, 6.45) is 4.62. The van der Waals surface area contributed by atoms with Crippen LogP contribution in [-0.2, 0) is 16.0 Å².